The zero-order chi connectivity index (χ0) is 27.6. The van der Waals surface area contributed by atoms with Crippen LogP contribution in [0, 0.1) is 10.1 Å². The van der Waals surface area contributed by atoms with Gasteiger partial charge in [0.15, 0.2) is 0 Å². The summed E-state index contributed by atoms with van der Waals surface area (Å²) in [4.78, 5) is 33.0. The van der Waals surface area contributed by atoms with Crippen molar-refractivity contribution in [3.05, 3.63) is 124 Å². The van der Waals surface area contributed by atoms with E-state index in [-0.39, 0.29) is 11.6 Å². The van der Waals surface area contributed by atoms with E-state index in [0.29, 0.717) is 43.3 Å². The maximum absolute atomic E-state index is 13.1. The number of carbonyl (C=O) groups excluding carboxylic acids is 1. The number of non-ortho nitro benzene ring substituents is 1. The highest BCUT2D eigenvalue weighted by Crippen LogP contribution is 2.30. The quantitative estimate of drug-likeness (QED) is 0.186. The van der Waals surface area contributed by atoms with Crippen LogP contribution in [-0.2, 0) is 6.54 Å². The lowest BCUT2D eigenvalue weighted by Gasteiger charge is -2.35. The Morgan fingerprint density at radius 2 is 1.50 bits per heavy atom. The highest BCUT2D eigenvalue weighted by atomic mass is 35.5. The van der Waals surface area contributed by atoms with Gasteiger partial charge in [-0.15, -0.1) is 0 Å². The molecule has 0 radical (unpaired) electrons. The van der Waals surface area contributed by atoms with Crippen molar-refractivity contribution in [1.82, 2.24) is 19.2 Å². The van der Waals surface area contributed by atoms with E-state index in [4.69, 9.17) is 16.6 Å². The first-order chi connectivity index (χ1) is 19.5. The molecule has 0 saturated carbocycles. The molecule has 5 aromatic rings. The van der Waals surface area contributed by atoms with Crippen LogP contribution in [0.5, 0.6) is 0 Å². The number of amides is 1. The standard InChI is InChI=1S/C31H26ClN5O3/c32-27-9-5-4-8-26(27)31(38)35-18-16-34(17-19-35)21-28-30(23-10-13-25(14-11-23)37(39)40)33-29-15-12-24(20-36(28)29)22-6-2-1-3-7-22/h1-15,20H,16-19,21H2. The van der Waals surface area contributed by atoms with Crippen molar-refractivity contribution in [3.63, 3.8) is 0 Å². The van der Waals surface area contributed by atoms with Gasteiger partial charge in [0.1, 0.15) is 5.65 Å². The second-order valence-electron chi connectivity index (χ2n) is 9.77. The molecule has 0 N–H and O–H groups in total. The van der Waals surface area contributed by atoms with Crippen molar-refractivity contribution in [2.45, 2.75) is 6.54 Å². The number of pyridine rings is 1. The molecular formula is C31H26ClN5O3. The molecule has 0 bridgehead atoms. The molecule has 200 valence electrons. The molecule has 9 heteroatoms. The summed E-state index contributed by atoms with van der Waals surface area (Å²) < 4.78 is 2.11. The number of halogens is 1. The molecule has 0 aliphatic carbocycles. The lowest BCUT2D eigenvalue weighted by molar-refractivity contribution is -0.384. The molecule has 1 saturated heterocycles. The highest BCUT2D eigenvalue weighted by molar-refractivity contribution is 6.33. The predicted molar refractivity (Wildman–Crippen MR) is 155 cm³/mol. The van der Waals surface area contributed by atoms with E-state index >= 15 is 0 Å². The summed E-state index contributed by atoms with van der Waals surface area (Å²) in [5, 5.41) is 11.7. The molecule has 3 aromatic carbocycles. The van der Waals surface area contributed by atoms with Crippen LogP contribution >= 0.6 is 11.6 Å². The fourth-order valence-electron chi connectivity index (χ4n) is 5.14. The van der Waals surface area contributed by atoms with Crippen molar-refractivity contribution < 1.29 is 9.72 Å². The fraction of sp³-hybridized carbons (Fsp3) is 0.161. The maximum Gasteiger partial charge on any atom is 0.269 e. The molecular weight excluding hydrogens is 526 g/mol. The minimum atomic E-state index is -0.399. The Kier molecular flexibility index (Phi) is 7.02. The first kappa shape index (κ1) is 25.7. The third-order valence-corrected chi connectivity index (χ3v) is 7.64. The number of carbonyl (C=O) groups is 1. The Bertz CT molecular complexity index is 1690. The Morgan fingerprint density at radius 3 is 2.20 bits per heavy atom. The van der Waals surface area contributed by atoms with Crippen LogP contribution in [0.2, 0.25) is 5.02 Å². The summed E-state index contributed by atoms with van der Waals surface area (Å²) in [6.07, 6.45) is 2.10. The van der Waals surface area contributed by atoms with Crippen LogP contribution in [0.3, 0.4) is 0 Å². The number of nitrogens with zero attached hydrogens (tertiary/aromatic N) is 5. The molecule has 1 amide bonds. The number of hydrogen-bond acceptors (Lipinski definition) is 5. The van der Waals surface area contributed by atoms with Crippen LogP contribution in [0.15, 0.2) is 97.2 Å². The third kappa shape index (κ3) is 5.06. The number of aromatic nitrogens is 2. The zero-order valence-electron chi connectivity index (χ0n) is 21.6. The molecule has 1 aliphatic rings. The van der Waals surface area contributed by atoms with Gasteiger partial charge in [0.2, 0.25) is 0 Å². The van der Waals surface area contributed by atoms with E-state index < -0.39 is 4.92 Å². The molecule has 0 unspecified atom stereocenters. The second-order valence-corrected chi connectivity index (χ2v) is 10.2. The molecule has 0 atom stereocenters. The minimum absolute atomic E-state index is 0.0414. The summed E-state index contributed by atoms with van der Waals surface area (Å²) in [6, 6.07) is 27.9. The van der Waals surface area contributed by atoms with Crippen LogP contribution < -0.4 is 0 Å². The average Bonchev–Trinajstić information content (AvgIpc) is 3.35. The Labute approximate surface area is 236 Å². The Morgan fingerprint density at radius 1 is 0.825 bits per heavy atom. The lowest BCUT2D eigenvalue weighted by Crippen LogP contribution is -2.48. The van der Waals surface area contributed by atoms with E-state index in [1.165, 1.54) is 12.1 Å². The van der Waals surface area contributed by atoms with Crippen molar-refractivity contribution in [3.8, 4) is 22.4 Å². The predicted octanol–water partition coefficient (Wildman–Crippen LogP) is 6.19. The number of imidazole rings is 1. The number of piperazine rings is 1. The van der Waals surface area contributed by atoms with E-state index in [9.17, 15) is 14.9 Å². The minimum Gasteiger partial charge on any atom is -0.336 e. The van der Waals surface area contributed by atoms with Gasteiger partial charge < -0.3 is 9.30 Å². The smallest absolute Gasteiger partial charge is 0.269 e. The van der Waals surface area contributed by atoms with Crippen molar-refractivity contribution in [2.75, 3.05) is 26.2 Å². The van der Waals surface area contributed by atoms with Crippen molar-refractivity contribution in [2.24, 2.45) is 0 Å². The number of hydrogen-bond donors (Lipinski definition) is 0. The molecule has 2 aromatic heterocycles. The topological polar surface area (TPSA) is 84.0 Å². The second kappa shape index (κ2) is 10.9. The summed E-state index contributed by atoms with van der Waals surface area (Å²) >= 11 is 6.27. The van der Waals surface area contributed by atoms with Crippen molar-refractivity contribution >= 4 is 28.8 Å². The maximum atomic E-state index is 13.1. The van der Waals surface area contributed by atoms with Gasteiger partial charge in [-0.3, -0.25) is 19.8 Å². The number of rotatable bonds is 6. The normalized spacial score (nSPS) is 14.0. The zero-order valence-corrected chi connectivity index (χ0v) is 22.4. The molecule has 0 spiro atoms. The van der Waals surface area contributed by atoms with Crippen LogP contribution in [-0.4, -0.2) is 56.2 Å². The SMILES string of the molecule is O=C(c1ccccc1Cl)N1CCN(Cc2c(-c3ccc([N+](=O)[O-])cc3)nc3ccc(-c4ccccc4)cn23)CC1. The molecule has 8 nitrogen and oxygen atoms in total. The van der Waals surface area contributed by atoms with Gasteiger partial charge in [-0.25, -0.2) is 4.98 Å². The average molecular weight is 552 g/mol. The van der Waals surface area contributed by atoms with Crippen LogP contribution in [0.25, 0.3) is 28.0 Å². The van der Waals surface area contributed by atoms with Gasteiger partial charge in [0.05, 0.1) is 26.9 Å². The van der Waals surface area contributed by atoms with E-state index in [1.807, 2.05) is 41.3 Å². The fourth-order valence-corrected chi connectivity index (χ4v) is 5.36. The third-order valence-electron chi connectivity index (χ3n) is 7.31. The number of benzene rings is 3. The summed E-state index contributed by atoms with van der Waals surface area (Å²) in [7, 11) is 0. The summed E-state index contributed by atoms with van der Waals surface area (Å²) in [5.74, 6) is -0.0564. The summed E-state index contributed by atoms with van der Waals surface area (Å²) in [5.41, 5.74) is 6.13. The van der Waals surface area contributed by atoms with Gasteiger partial charge in [0.25, 0.3) is 11.6 Å². The van der Waals surface area contributed by atoms with E-state index in [0.717, 1.165) is 33.7 Å². The van der Waals surface area contributed by atoms with Gasteiger partial charge in [0, 0.05) is 56.6 Å². The van der Waals surface area contributed by atoms with Gasteiger partial charge in [-0.1, -0.05) is 54.1 Å². The van der Waals surface area contributed by atoms with Crippen LogP contribution in [0.1, 0.15) is 16.1 Å². The van der Waals surface area contributed by atoms with Crippen LogP contribution in [0.4, 0.5) is 5.69 Å². The largest absolute Gasteiger partial charge is 0.336 e. The molecule has 3 heterocycles. The lowest BCUT2D eigenvalue weighted by atomic mass is 10.1. The van der Waals surface area contributed by atoms with Gasteiger partial charge in [-0.05, 0) is 47.5 Å². The number of nitro groups is 1. The van der Waals surface area contributed by atoms with Gasteiger partial charge in [-0.2, -0.15) is 0 Å². The summed E-state index contributed by atoms with van der Waals surface area (Å²) in [6.45, 7) is 3.18. The van der Waals surface area contributed by atoms with E-state index in [2.05, 4.69) is 33.7 Å². The number of nitro benzene ring substituents is 1. The Balaban J connectivity index is 1.31. The monoisotopic (exact) mass is 551 g/mol. The molecule has 1 fully saturated rings. The van der Waals surface area contributed by atoms with Gasteiger partial charge >= 0.3 is 0 Å². The number of fused-ring (bicyclic) bond motifs is 1. The highest BCUT2D eigenvalue weighted by Gasteiger charge is 2.25. The Hall–Kier alpha value is -4.53. The molecule has 40 heavy (non-hydrogen) atoms. The van der Waals surface area contributed by atoms with E-state index in [1.54, 1.807) is 24.3 Å². The first-order valence-electron chi connectivity index (χ1n) is 13.1. The molecule has 1 aliphatic heterocycles. The van der Waals surface area contributed by atoms with Crippen molar-refractivity contribution in [1.29, 1.82) is 0 Å². The molecule has 6 rings (SSSR count). The first-order valence-corrected chi connectivity index (χ1v) is 13.4.